The largest absolute Gasteiger partial charge is 0.335 e. The van der Waals surface area contributed by atoms with Crippen LogP contribution in [-0.2, 0) is 4.79 Å². The van der Waals surface area contributed by atoms with Gasteiger partial charge in [-0.05, 0) is 36.6 Å². The van der Waals surface area contributed by atoms with Crippen molar-refractivity contribution in [2.75, 3.05) is 23.2 Å². The van der Waals surface area contributed by atoms with Crippen LogP contribution >= 0.6 is 35.1 Å². The van der Waals surface area contributed by atoms with Crippen molar-refractivity contribution in [2.45, 2.75) is 10.1 Å². The lowest BCUT2D eigenvalue weighted by Crippen LogP contribution is -2.16. The molecular formula is C17H16ClN5OS2. The van der Waals surface area contributed by atoms with Crippen LogP contribution in [0.1, 0.15) is 0 Å². The van der Waals surface area contributed by atoms with E-state index in [1.54, 1.807) is 23.9 Å². The fourth-order valence-corrected chi connectivity index (χ4v) is 3.53. The number of thioether (sulfide) groups is 2. The first-order chi connectivity index (χ1) is 12.6. The van der Waals surface area contributed by atoms with Crippen molar-refractivity contribution < 1.29 is 4.79 Å². The molecule has 0 spiro atoms. The number of nitrogens with one attached hydrogen (secondary N) is 1. The molecule has 0 bridgehead atoms. The molecule has 0 unspecified atom stereocenters. The number of rotatable bonds is 6. The van der Waals surface area contributed by atoms with E-state index in [0.29, 0.717) is 16.0 Å². The highest BCUT2D eigenvalue weighted by molar-refractivity contribution is 7.99. The second-order valence-corrected chi connectivity index (χ2v) is 7.51. The second kappa shape index (κ2) is 8.48. The third kappa shape index (κ3) is 4.51. The zero-order valence-electron chi connectivity index (χ0n) is 13.8. The summed E-state index contributed by atoms with van der Waals surface area (Å²) < 4.78 is 1.36. The fraction of sp³-hybridized carbons (Fsp3) is 0.118. The van der Waals surface area contributed by atoms with Crippen molar-refractivity contribution in [3.8, 4) is 11.4 Å². The maximum atomic E-state index is 12.2. The van der Waals surface area contributed by atoms with Gasteiger partial charge in [-0.15, -0.1) is 22.0 Å². The Morgan fingerprint density at radius 3 is 2.81 bits per heavy atom. The third-order valence-corrected chi connectivity index (χ3v) is 5.34. The van der Waals surface area contributed by atoms with Gasteiger partial charge in [0.25, 0.3) is 0 Å². The third-order valence-electron chi connectivity index (χ3n) is 3.43. The Labute approximate surface area is 164 Å². The number of anilines is 1. The molecule has 3 N–H and O–H groups in total. The monoisotopic (exact) mass is 405 g/mol. The van der Waals surface area contributed by atoms with Crippen LogP contribution < -0.4 is 11.2 Å². The van der Waals surface area contributed by atoms with Gasteiger partial charge in [-0.25, -0.2) is 4.68 Å². The van der Waals surface area contributed by atoms with Gasteiger partial charge in [-0.3, -0.25) is 4.79 Å². The van der Waals surface area contributed by atoms with Crippen LogP contribution in [0.2, 0.25) is 5.02 Å². The molecule has 0 saturated heterocycles. The minimum absolute atomic E-state index is 0.138. The molecule has 0 saturated carbocycles. The van der Waals surface area contributed by atoms with Gasteiger partial charge in [-0.2, -0.15) is 0 Å². The predicted octanol–water partition coefficient (Wildman–Crippen LogP) is 3.77. The Bertz CT molecular complexity index is 931. The number of benzene rings is 2. The van der Waals surface area contributed by atoms with Crippen molar-refractivity contribution >= 4 is 46.7 Å². The molecule has 3 aromatic rings. The topological polar surface area (TPSA) is 85.8 Å². The number of amides is 1. The first kappa shape index (κ1) is 18.6. The van der Waals surface area contributed by atoms with E-state index in [-0.39, 0.29) is 11.7 Å². The number of aromatic nitrogens is 3. The summed E-state index contributed by atoms with van der Waals surface area (Å²) >= 11 is 8.84. The fourth-order valence-electron chi connectivity index (χ4n) is 2.23. The van der Waals surface area contributed by atoms with Gasteiger partial charge in [0.1, 0.15) is 0 Å². The van der Waals surface area contributed by atoms with E-state index in [0.717, 1.165) is 16.1 Å². The summed E-state index contributed by atoms with van der Waals surface area (Å²) in [5.41, 5.74) is 1.52. The molecular weight excluding hydrogens is 390 g/mol. The summed E-state index contributed by atoms with van der Waals surface area (Å²) in [6.07, 6.45) is 1.99. The van der Waals surface area contributed by atoms with E-state index < -0.39 is 0 Å². The van der Waals surface area contributed by atoms with Gasteiger partial charge in [0.05, 0.1) is 5.75 Å². The summed E-state index contributed by atoms with van der Waals surface area (Å²) in [6.45, 7) is 0. The lowest BCUT2D eigenvalue weighted by molar-refractivity contribution is -0.113. The highest BCUT2D eigenvalue weighted by atomic mass is 35.5. The van der Waals surface area contributed by atoms with Crippen LogP contribution in [0, 0.1) is 0 Å². The summed E-state index contributed by atoms with van der Waals surface area (Å²) in [4.78, 5) is 13.3. The van der Waals surface area contributed by atoms with Crippen LogP contribution in [-0.4, -0.2) is 32.8 Å². The van der Waals surface area contributed by atoms with Gasteiger partial charge in [0.15, 0.2) is 5.82 Å². The number of hydrogen-bond acceptors (Lipinski definition) is 6. The molecule has 134 valence electrons. The molecule has 1 heterocycles. The average Bonchev–Trinajstić information content (AvgIpc) is 3.01. The molecule has 0 atom stereocenters. The predicted molar refractivity (Wildman–Crippen MR) is 108 cm³/mol. The van der Waals surface area contributed by atoms with E-state index in [9.17, 15) is 4.79 Å². The van der Waals surface area contributed by atoms with Gasteiger partial charge >= 0.3 is 0 Å². The number of hydrogen-bond donors (Lipinski definition) is 2. The first-order valence-corrected chi connectivity index (χ1v) is 10.2. The molecule has 1 aromatic heterocycles. The first-order valence-electron chi connectivity index (χ1n) is 7.60. The van der Waals surface area contributed by atoms with Crippen LogP contribution in [0.15, 0.2) is 58.6 Å². The average molecular weight is 406 g/mol. The number of nitrogen functional groups attached to an aromatic ring is 1. The molecule has 0 radical (unpaired) electrons. The summed E-state index contributed by atoms with van der Waals surface area (Å²) in [5.74, 6) is 6.58. The maximum absolute atomic E-state index is 12.2. The Balaban J connectivity index is 1.64. The summed E-state index contributed by atoms with van der Waals surface area (Å²) in [7, 11) is 0. The Hall–Kier alpha value is -2.16. The lowest BCUT2D eigenvalue weighted by Gasteiger charge is -2.06. The maximum Gasteiger partial charge on any atom is 0.234 e. The minimum atomic E-state index is -0.138. The van der Waals surface area contributed by atoms with Crippen molar-refractivity contribution in [2.24, 2.45) is 0 Å². The smallest absolute Gasteiger partial charge is 0.234 e. The molecule has 6 nitrogen and oxygen atoms in total. The molecule has 0 aliphatic carbocycles. The molecule has 3 rings (SSSR count). The second-order valence-electron chi connectivity index (χ2n) is 5.26. The van der Waals surface area contributed by atoms with Gasteiger partial charge in [0, 0.05) is 21.2 Å². The Morgan fingerprint density at radius 2 is 2.04 bits per heavy atom. The van der Waals surface area contributed by atoms with Crippen molar-refractivity contribution in [3.05, 3.63) is 53.6 Å². The van der Waals surface area contributed by atoms with Crippen LogP contribution in [0.5, 0.6) is 0 Å². The summed E-state index contributed by atoms with van der Waals surface area (Å²) in [6, 6.07) is 14.9. The van der Waals surface area contributed by atoms with Crippen molar-refractivity contribution in [1.82, 2.24) is 14.9 Å². The highest BCUT2D eigenvalue weighted by Gasteiger charge is 2.14. The van der Waals surface area contributed by atoms with E-state index >= 15 is 0 Å². The van der Waals surface area contributed by atoms with E-state index in [1.807, 2.05) is 42.7 Å². The highest BCUT2D eigenvalue weighted by Crippen LogP contribution is 2.24. The van der Waals surface area contributed by atoms with Gasteiger partial charge in [0.2, 0.25) is 11.1 Å². The molecule has 26 heavy (non-hydrogen) atoms. The van der Waals surface area contributed by atoms with Crippen molar-refractivity contribution in [3.63, 3.8) is 0 Å². The van der Waals surface area contributed by atoms with E-state index in [1.165, 1.54) is 16.4 Å². The number of halogens is 1. The van der Waals surface area contributed by atoms with Crippen LogP contribution in [0.4, 0.5) is 5.69 Å². The Morgan fingerprint density at radius 1 is 1.23 bits per heavy atom. The lowest BCUT2D eigenvalue weighted by atomic mass is 10.2. The zero-order valence-corrected chi connectivity index (χ0v) is 16.2. The van der Waals surface area contributed by atoms with E-state index in [2.05, 4.69) is 15.5 Å². The van der Waals surface area contributed by atoms with Crippen LogP contribution in [0.3, 0.4) is 0 Å². The molecule has 2 aromatic carbocycles. The van der Waals surface area contributed by atoms with Gasteiger partial charge in [-0.1, -0.05) is 41.6 Å². The summed E-state index contributed by atoms with van der Waals surface area (Å²) in [5, 5.41) is 12.0. The SMILES string of the molecule is CSc1cccc(NC(=O)CSc2nnc(-c3cccc(Cl)c3)n2N)c1. The quantitative estimate of drug-likeness (QED) is 0.479. The number of nitrogens with two attached hydrogens (primary N) is 1. The molecule has 0 fully saturated rings. The normalized spacial score (nSPS) is 10.7. The van der Waals surface area contributed by atoms with Gasteiger partial charge < -0.3 is 11.2 Å². The molecule has 0 aliphatic heterocycles. The molecule has 9 heteroatoms. The zero-order chi connectivity index (χ0) is 18.5. The van der Waals surface area contributed by atoms with Crippen LogP contribution in [0.25, 0.3) is 11.4 Å². The standard InChI is InChI=1S/C17H16ClN5OS2/c1-25-14-7-3-6-13(9-14)20-15(24)10-26-17-22-21-16(23(17)19)11-4-2-5-12(18)8-11/h2-9H,10,19H2,1H3,(H,20,24). The van der Waals surface area contributed by atoms with E-state index in [4.69, 9.17) is 17.4 Å². The molecule has 1 amide bonds. The number of carbonyl (C=O) groups is 1. The number of carbonyl (C=O) groups excluding carboxylic acids is 1. The minimum Gasteiger partial charge on any atom is -0.335 e. The van der Waals surface area contributed by atoms with Crippen molar-refractivity contribution in [1.29, 1.82) is 0 Å². The number of nitrogens with zero attached hydrogens (tertiary/aromatic N) is 3. The molecule has 0 aliphatic rings. The Kier molecular flexibility index (Phi) is 6.08.